The van der Waals surface area contributed by atoms with Gasteiger partial charge in [-0.1, -0.05) is 12.1 Å². The third kappa shape index (κ3) is 1.40. The molecule has 0 aliphatic rings. The minimum atomic E-state index is 0.968. The summed E-state index contributed by atoms with van der Waals surface area (Å²) >= 11 is 0. The highest BCUT2D eigenvalue weighted by molar-refractivity contribution is 5.98. The minimum absolute atomic E-state index is 0.968. The van der Waals surface area contributed by atoms with Crippen molar-refractivity contribution in [3.05, 3.63) is 24.3 Å². The zero-order valence-corrected chi connectivity index (χ0v) is 8.45. The standard InChI is InChI=1S/C6H8N2Si2/c9-7-5-3-1-2-4-6(5)8-10/h1-4H,9-10H2. The van der Waals surface area contributed by atoms with Crippen LogP contribution in [-0.4, -0.2) is 20.1 Å². The molecule has 0 radical (unpaired) electrons. The van der Waals surface area contributed by atoms with Crippen molar-refractivity contribution in [2.45, 2.75) is 0 Å². The Morgan fingerprint density at radius 3 is 1.60 bits per heavy atom. The average molecular weight is 164 g/mol. The van der Waals surface area contributed by atoms with Gasteiger partial charge in [0.2, 0.25) is 0 Å². The molecular formula is C6H8N2Si2. The fourth-order valence-electron chi connectivity index (χ4n) is 0.732. The first-order valence-electron chi connectivity index (χ1n) is 2.91. The van der Waals surface area contributed by atoms with E-state index in [1.54, 1.807) is 20.1 Å². The summed E-state index contributed by atoms with van der Waals surface area (Å²) in [5, 5.41) is 0. The molecule has 0 unspecified atom stereocenters. The molecule has 0 aromatic heterocycles. The molecule has 0 bridgehead atoms. The molecule has 0 aliphatic carbocycles. The smallest absolute Gasteiger partial charge is 0.0971 e. The molecule has 0 spiro atoms. The second kappa shape index (κ2) is 3.43. The molecule has 0 N–H and O–H groups in total. The van der Waals surface area contributed by atoms with Gasteiger partial charge in [0.1, 0.15) is 0 Å². The third-order valence-electron chi connectivity index (χ3n) is 1.22. The fourth-order valence-corrected chi connectivity index (χ4v) is 1.27. The van der Waals surface area contributed by atoms with Crippen LogP contribution in [-0.2, 0) is 0 Å². The zero-order chi connectivity index (χ0) is 7.40. The SMILES string of the molecule is [SiH2]=Nc1ccccc1N=[SiH2]. The van der Waals surface area contributed by atoms with Crippen LogP contribution >= 0.6 is 0 Å². The number of rotatable bonds is 2. The van der Waals surface area contributed by atoms with Gasteiger partial charge in [-0.3, -0.25) is 0 Å². The molecule has 1 rings (SSSR count). The molecule has 10 heavy (non-hydrogen) atoms. The molecule has 0 saturated carbocycles. The normalized spacial score (nSPS) is 8.80. The van der Waals surface area contributed by atoms with Gasteiger partial charge in [-0.05, 0) is 12.1 Å². The summed E-state index contributed by atoms with van der Waals surface area (Å²) < 4.78 is 8.16. The maximum absolute atomic E-state index is 4.08. The van der Waals surface area contributed by atoms with Gasteiger partial charge in [0, 0.05) is 0 Å². The first-order chi connectivity index (χ1) is 4.88. The first-order valence-corrected chi connectivity index (χ1v) is 4.17. The predicted octanol–water partition coefficient (Wildman–Crippen LogP) is 0.583. The Hall–Kier alpha value is -0.746. The molecule has 0 heterocycles. The molecular weight excluding hydrogens is 156 g/mol. The second-order valence-corrected chi connectivity index (χ2v) is 2.44. The molecule has 1 aromatic rings. The summed E-state index contributed by atoms with van der Waals surface area (Å²) in [6.07, 6.45) is 0. The Balaban J connectivity index is 3.20. The van der Waals surface area contributed by atoms with E-state index >= 15 is 0 Å². The van der Waals surface area contributed by atoms with Gasteiger partial charge >= 0.3 is 0 Å². The summed E-state index contributed by atoms with van der Waals surface area (Å²) in [6.45, 7) is 0. The van der Waals surface area contributed by atoms with Gasteiger partial charge in [-0.25, -0.2) is 0 Å². The van der Waals surface area contributed by atoms with E-state index in [1.165, 1.54) is 0 Å². The quantitative estimate of drug-likeness (QED) is 0.571. The fraction of sp³-hybridized carbons (Fsp3) is 0. The van der Waals surface area contributed by atoms with Crippen molar-refractivity contribution in [2.24, 2.45) is 9.27 Å². The number of nitrogens with zero attached hydrogens (tertiary/aromatic N) is 2. The van der Waals surface area contributed by atoms with E-state index in [-0.39, 0.29) is 0 Å². The van der Waals surface area contributed by atoms with E-state index in [0.29, 0.717) is 0 Å². The number of hydrogen-bond donors (Lipinski definition) is 0. The van der Waals surface area contributed by atoms with Gasteiger partial charge < -0.3 is 9.27 Å². The monoisotopic (exact) mass is 164 g/mol. The zero-order valence-electron chi connectivity index (χ0n) is 5.62. The molecule has 0 saturated heterocycles. The Morgan fingerprint density at radius 2 is 1.30 bits per heavy atom. The highest BCUT2D eigenvalue weighted by Gasteiger charge is 1.91. The van der Waals surface area contributed by atoms with Gasteiger partial charge in [0.05, 0.1) is 31.4 Å². The molecule has 1 aromatic carbocycles. The highest BCUT2D eigenvalue weighted by Crippen LogP contribution is 2.25. The van der Waals surface area contributed by atoms with Crippen LogP contribution in [0.4, 0.5) is 11.4 Å². The van der Waals surface area contributed by atoms with Gasteiger partial charge in [0.25, 0.3) is 0 Å². The van der Waals surface area contributed by atoms with Crippen LogP contribution in [0.1, 0.15) is 0 Å². The molecule has 0 fully saturated rings. The summed E-state index contributed by atoms with van der Waals surface area (Å²) in [5.41, 5.74) is 1.94. The van der Waals surface area contributed by atoms with Crippen LogP contribution in [0, 0.1) is 0 Å². The highest BCUT2D eigenvalue weighted by atomic mass is 28.1. The van der Waals surface area contributed by atoms with Crippen molar-refractivity contribution < 1.29 is 0 Å². The van der Waals surface area contributed by atoms with E-state index < -0.39 is 0 Å². The third-order valence-corrected chi connectivity index (χ3v) is 1.90. The maximum Gasteiger partial charge on any atom is 0.0971 e. The molecule has 2 nitrogen and oxygen atoms in total. The van der Waals surface area contributed by atoms with Crippen molar-refractivity contribution >= 4 is 31.4 Å². The van der Waals surface area contributed by atoms with Crippen LogP contribution < -0.4 is 0 Å². The van der Waals surface area contributed by atoms with Gasteiger partial charge in [0.15, 0.2) is 0 Å². The maximum atomic E-state index is 4.08. The van der Waals surface area contributed by atoms with E-state index in [9.17, 15) is 0 Å². The minimum Gasteiger partial charge on any atom is -0.308 e. The van der Waals surface area contributed by atoms with E-state index in [0.717, 1.165) is 11.4 Å². The van der Waals surface area contributed by atoms with Crippen LogP contribution in [0.5, 0.6) is 0 Å². The van der Waals surface area contributed by atoms with Crippen LogP contribution in [0.25, 0.3) is 0 Å². The van der Waals surface area contributed by atoms with Crippen LogP contribution in [0.15, 0.2) is 33.5 Å². The molecule has 0 amide bonds. The summed E-state index contributed by atoms with van der Waals surface area (Å²) in [4.78, 5) is 0. The summed E-state index contributed by atoms with van der Waals surface area (Å²) in [5.74, 6) is 0. The predicted molar refractivity (Wildman–Crippen MR) is 47.7 cm³/mol. The Labute approximate surface area is 65.6 Å². The summed E-state index contributed by atoms with van der Waals surface area (Å²) in [7, 11) is 3.17. The van der Waals surface area contributed by atoms with Gasteiger partial charge in [-0.15, -0.1) is 0 Å². The Morgan fingerprint density at radius 1 is 0.900 bits per heavy atom. The van der Waals surface area contributed by atoms with Crippen LogP contribution in [0.3, 0.4) is 0 Å². The van der Waals surface area contributed by atoms with Crippen LogP contribution in [0.2, 0.25) is 0 Å². The lowest BCUT2D eigenvalue weighted by molar-refractivity contribution is 1.49. The van der Waals surface area contributed by atoms with E-state index in [1.807, 2.05) is 24.3 Å². The lowest BCUT2D eigenvalue weighted by Crippen LogP contribution is -1.64. The average Bonchev–Trinajstić information content (AvgIpc) is 2.04. The number of benzene rings is 1. The first kappa shape index (κ1) is 7.36. The largest absolute Gasteiger partial charge is 0.308 e. The van der Waals surface area contributed by atoms with Crippen molar-refractivity contribution in [3.8, 4) is 0 Å². The number of hydrogen-bond acceptors (Lipinski definition) is 2. The Kier molecular flexibility index (Phi) is 2.52. The molecule has 0 atom stereocenters. The van der Waals surface area contributed by atoms with Gasteiger partial charge in [-0.2, -0.15) is 0 Å². The van der Waals surface area contributed by atoms with Crippen molar-refractivity contribution in [1.29, 1.82) is 0 Å². The lowest BCUT2D eigenvalue weighted by Gasteiger charge is -1.96. The molecule has 50 valence electrons. The Bertz CT molecular complexity index is 233. The van der Waals surface area contributed by atoms with Crippen molar-refractivity contribution in [3.63, 3.8) is 0 Å². The van der Waals surface area contributed by atoms with E-state index in [2.05, 4.69) is 9.27 Å². The van der Waals surface area contributed by atoms with Crippen molar-refractivity contribution in [1.82, 2.24) is 0 Å². The lowest BCUT2D eigenvalue weighted by atomic mass is 10.3. The van der Waals surface area contributed by atoms with Crippen molar-refractivity contribution in [2.75, 3.05) is 0 Å². The summed E-state index contributed by atoms with van der Waals surface area (Å²) in [6, 6.07) is 7.84. The van der Waals surface area contributed by atoms with E-state index in [4.69, 9.17) is 0 Å². The molecule has 4 heteroatoms. The second-order valence-electron chi connectivity index (χ2n) is 1.80. The molecule has 0 aliphatic heterocycles. The topological polar surface area (TPSA) is 24.7 Å².